The fraction of sp³-hybridized carbons (Fsp3) is 0.818. The van der Waals surface area contributed by atoms with E-state index in [-0.39, 0.29) is 12.7 Å². The molecule has 2 aliphatic heterocycles. The molecular formula is C11H16O6. The molecule has 1 N–H and O–H groups in total. The average Bonchev–Trinajstić information content (AvgIpc) is 2.80. The van der Waals surface area contributed by atoms with Crippen molar-refractivity contribution in [1.82, 2.24) is 0 Å². The van der Waals surface area contributed by atoms with Gasteiger partial charge in [-0.2, -0.15) is 0 Å². The second kappa shape index (κ2) is 4.27. The minimum absolute atomic E-state index is 0.0981. The van der Waals surface area contributed by atoms with Gasteiger partial charge in [0.15, 0.2) is 0 Å². The summed E-state index contributed by atoms with van der Waals surface area (Å²) in [6, 6.07) is 0. The number of fused-ring (bicyclic) bond motifs is 1. The molecule has 2 aliphatic rings. The van der Waals surface area contributed by atoms with Crippen molar-refractivity contribution in [3.8, 4) is 0 Å². The predicted octanol–water partition coefficient (Wildman–Crippen LogP) is -0.0214. The number of ether oxygens (including phenoxy) is 3. The highest BCUT2D eigenvalue weighted by molar-refractivity contribution is 6.05. The first-order valence-electron chi connectivity index (χ1n) is 5.80. The number of aliphatic hydroxyl groups is 1. The van der Waals surface area contributed by atoms with Crippen molar-refractivity contribution in [2.24, 2.45) is 5.92 Å². The van der Waals surface area contributed by atoms with E-state index in [9.17, 15) is 14.7 Å². The summed E-state index contributed by atoms with van der Waals surface area (Å²) in [5.41, 5.74) is -2.20. The third-order valence-corrected chi connectivity index (χ3v) is 3.28. The molecule has 0 aliphatic carbocycles. The molecule has 2 heterocycles. The molecule has 0 saturated carbocycles. The maximum Gasteiger partial charge on any atom is 0.352 e. The van der Waals surface area contributed by atoms with E-state index in [0.717, 1.165) is 6.42 Å². The van der Waals surface area contributed by atoms with Gasteiger partial charge in [-0.15, -0.1) is 0 Å². The molecule has 0 amide bonds. The van der Waals surface area contributed by atoms with Crippen LogP contribution in [0.5, 0.6) is 0 Å². The molecule has 0 aromatic heterocycles. The molecule has 2 rings (SSSR count). The molecule has 2 saturated heterocycles. The van der Waals surface area contributed by atoms with Gasteiger partial charge in [0.1, 0.15) is 0 Å². The topological polar surface area (TPSA) is 82.1 Å². The van der Waals surface area contributed by atoms with Crippen molar-refractivity contribution in [3.63, 3.8) is 0 Å². The van der Waals surface area contributed by atoms with Crippen molar-refractivity contribution in [3.05, 3.63) is 0 Å². The largest absolute Gasteiger partial charge is 0.463 e. The minimum atomic E-state index is -2.20. The van der Waals surface area contributed by atoms with Crippen LogP contribution in [0.2, 0.25) is 0 Å². The van der Waals surface area contributed by atoms with Crippen LogP contribution in [0, 0.1) is 5.92 Å². The van der Waals surface area contributed by atoms with Gasteiger partial charge in [-0.1, -0.05) is 6.92 Å². The van der Waals surface area contributed by atoms with Crippen LogP contribution in [0.4, 0.5) is 0 Å². The number of carbonyl (C=O) groups excluding carboxylic acids is 2. The van der Waals surface area contributed by atoms with E-state index in [1.54, 1.807) is 6.92 Å². The second-order valence-electron chi connectivity index (χ2n) is 4.27. The maximum atomic E-state index is 11.7. The Morgan fingerprint density at radius 3 is 2.88 bits per heavy atom. The van der Waals surface area contributed by atoms with Crippen molar-refractivity contribution < 1.29 is 28.9 Å². The zero-order valence-electron chi connectivity index (χ0n) is 9.84. The molecule has 6 heteroatoms. The summed E-state index contributed by atoms with van der Waals surface area (Å²) >= 11 is 0. The summed E-state index contributed by atoms with van der Waals surface area (Å²) in [5, 5.41) is 10.2. The van der Waals surface area contributed by atoms with Crippen molar-refractivity contribution >= 4 is 11.9 Å². The molecule has 4 atom stereocenters. The summed E-state index contributed by atoms with van der Waals surface area (Å²) in [5.74, 6) is -2.59. The Labute approximate surface area is 98.8 Å². The predicted molar refractivity (Wildman–Crippen MR) is 54.7 cm³/mol. The van der Waals surface area contributed by atoms with Gasteiger partial charge < -0.3 is 19.3 Å². The Kier molecular flexibility index (Phi) is 3.09. The van der Waals surface area contributed by atoms with Crippen molar-refractivity contribution in [2.75, 3.05) is 6.61 Å². The summed E-state index contributed by atoms with van der Waals surface area (Å²) < 4.78 is 15.0. The molecule has 2 fully saturated rings. The molecule has 6 nitrogen and oxygen atoms in total. The average molecular weight is 244 g/mol. The van der Waals surface area contributed by atoms with Gasteiger partial charge in [-0.3, -0.25) is 0 Å². The quantitative estimate of drug-likeness (QED) is 0.555. The lowest BCUT2D eigenvalue weighted by atomic mass is 9.86. The van der Waals surface area contributed by atoms with Gasteiger partial charge in [0.25, 0.3) is 5.60 Å². The highest BCUT2D eigenvalue weighted by Crippen LogP contribution is 2.43. The van der Waals surface area contributed by atoms with Crippen molar-refractivity contribution in [2.45, 2.75) is 44.7 Å². The summed E-state index contributed by atoms with van der Waals surface area (Å²) in [6.45, 7) is 3.64. The fourth-order valence-electron chi connectivity index (χ4n) is 2.30. The van der Waals surface area contributed by atoms with Gasteiger partial charge >= 0.3 is 11.9 Å². The summed E-state index contributed by atoms with van der Waals surface area (Å²) in [4.78, 5) is 23.3. The van der Waals surface area contributed by atoms with E-state index in [1.807, 2.05) is 6.92 Å². The molecular weight excluding hydrogens is 228 g/mol. The van der Waals surface area contributed by atoms with Gasteiger partial charge in [0, 0.05) is 0 Å². The van der Waals surface area contributed by atoms with E-state index in [1.165, 1.54) is 0 Å². The summed E-state index contributed by atoms with van der Waals surface area (Å²) in [6.07, 6.45) is 0.229. The molecule has 17 heavy (non-hydrogen) atoms. The first kappa shape index (κ1) is 12.3. The van der Waals surface area contributed by atoms with Crippen LogP contribution in [0.1, 0.15) is 26.7 Å². The molecule has 96 valence electrons. The lowest BCUT2D eigenvalue weighted by Crippen LogP contribution is -2.50. The van der Waals surface area contributed by atoms with Crippen LogP contribution >= 0.6 is 0 Å². The van der Waals surface area contributed by atoms with Gasteiger partial charge in [-0.25, -0.2) is 9.59 Å². The molecule has 0 radical (unpaired) electrons. The highest BCUT2D eigenvalue weighted by atomic mass is 16.7. The first-order chi connectivity index (χ1) is 8.03. The number of carbonyl (C=O) groups is 2. The first-order valence-corrected chi connectivity index (χ1v) is 5.80. The second-order valence-corrected chi connectivity index (χ2v) is 4.27. The van der Waals surface area contributed by atoms with Gasteiger partial charge in [-0.05, 0) is 19.8 Å². The molecule has 2 unspecified atom stereocenters. The third-order valence-electron chi connectivity index (χ3n) is 3.28. The lowest BCUT2D eigenvalue weighted by Gasteiger charge is -2.21. The zero-order chi connectivity index (χ0) is 12.6. The highest BCUT2D eigenvalue weighted by Gasteiger charge is 2.66. The van der Waals surface area contributed by atoms with Gasteiger partial charge in [0.2, 0.25) is 6.29 Å². The Bertz CT molecular complexity index is 341. The Morgan fingerprint density at radius 1 is 1.59 bits per heavy atom. The van der Waals surface area contributed by atoms with Crippen LogP contribution in [0.25, 0.3) is 0 Å². The Balaban J connectivity index is 2.21. The Hall–Kier alpha value is -1.14. The fourth-order valence-corrected chi connectivity index (χ4v) is 2.30. The minimum Gasteiger partial charge on any atom is -0.463 e. The van der Waals surface area contributed by atoms with Crippen LogP contribution in [0.3, 0.4) is 0 Å². The van der Waals surface area contributed by atoms with Crippen LogP contribution < -0.4 is 0 Å². The number of esters is 2. The number of rotatable bonds is 3. The van der Waals surface area contributed by atoms with E-state index in [2.05, 4.69) is 0 Å². The Morgan fingerprint density at radius 2 is 2.29 bits per heavy atom. The van der Waals surface area contributed by atoms with Crippen LogP contribution in [-0.2, 0) is 23.8 Å². The number of hydrogen-bond donors (Lipinski definition) is 1. The van der Waals surface area contributed by atoms with E-state index in [4.69, 9.17) is 14.2 Å². The molecule has 0 spiro atoms. The lowest BCUT2D eigenvalue weighted by molar-refractivity contribution is -0.180. The normalized spacial score (nSPS) is 39.9. The zero-order valence-corrected chi connectivity index (χ0v) is 9.84. The SMILES string of the molecule is CCOC(=O)[C@@]1(O)C(=O)OC2O[C@@H](CC)CC21. The maximum absolute atomic E-state index is 11.7. The summed E-state index contributed by atoms with van der Waals surface area (Å²) in [7, 11) is 0. The third kappa shape index (κ3) is 1.71. The monoisotopic (exact) mass is 244 g/mol. The standard InChI is InChI=1S/C11H16O6/c1-3-6-5-7-8(16-6)17-10(13)11(7,14)9(12)15-4-2/h6-8,14H,3-5H2,1-2H3/t6-,7?,8?,11+/m0/s1. The van der Waals surface area contributed by atoms with Crippen LogP contribution in [-0.4, -0.2) is 41.6 Å². The number of hydrogen-bond acceptors (Lipinski definition) is 6. The molecule has 0 aromatic rings. The van der Waals surface area contributed by atoms with E-state index >= 15 is 0 Å². The molecule has 0 bridgehead atoms. The van der Waals surface area contributed by atoms with Crippen LogP contribution in [0.15, 0.2) is 0 Å². The van der Waals surface area contributed by atoms with Crippen molar-refractivity contribution in [1.29, 1.82) is 0 Å². The smallest absolute Gasteiger partial charge is 0.352 e. The molecule has 0 aromatic carbocycles. The van der Waals surface area contributed by atoms with E-state index < -0.39 is 29.7 Å². The van der Waals surface area contributed by atoms with Gasteiger partial charge in [0.05, 0.1) is 18.6 Å². The van der Waals surface area contributed by atoms with E-state index in [0.29, 0.717) is 6.42 Å².